The highest BCUT2D eigenvalue weighted by atomic mass is 79.9. The first-order chi connectivity index (χ1) is 7.58. The first-order valence-electron chi connectivity index (χ1n) is 4.75. The summed E-state index contributed by atoms with van der Waals surface area (Å²) in [6.07, 6.45) is 1.61. The largest absolute Gasteiger partial charge is 0.303 e. The Kier molecular flexibility index (Phi) is 3.02. The van der Waals surface area contributed by atoms with Crippen LogP contribution in [0.1, 0.15) is 5.69 Å². The van der Waals surface area contributed by atoms with Crippen molar-refractivity contribution >= 4 is 26.8 Å². The molecule has 0 aromatic carbocycles. The summed E-state index contributed by atoms with van der Waals surface area (Å²) in [5, 5.41) is 7.29. The minimum absolute atomic E-state index is 0.259. The average Bonchev–Trinajstić information content (AvgIpc) is 2.22. The third-order valence-electron chi connectivity index (χ3n) is 2.14. The smallest absolute Gasteiger partial charge is 0.290 e. The molecule has 0 atom stereocenters. The molecule has 5 nitrogen and oxygen atoms in total. The van der Waals surface area contributed by atoms with Crippen LogP contribution < -0.4 is 5.56 Å². The minimum Gasteiger partial charge on any atom is -0.303 e. The Labute approximate surface area is 101 Å². The van der Waals surface area contributed by atoms with Crippen molar-refractivity contribution in [3.63, 3.8) is 0 Å². The van der Waals surface area contributed by atoms with Gasteiger partial charge in [-0.15, -0.1) is 0 Å². The molecule has 2 rings (SSSR count). The lowest BCUT2D eigenvalue weighted by Crippen LogP contribution is -2.17. The predicted octanol–water partition coefficient (Wildman–Crippen LogP) is 1.14. The van der Waals surface area contributed by atoms with Gasteiger partial charge in [0.25, 0.3) is 5.56 Å². The number of nitrogens with one attached hydrogen (secondary N) is 1. The molecular weight excluding hydrogens is 272 g/mol. The zero-order valence-electron chi connectivity index (χ0n) is 8.99. The normalized spacial score (nSPS) is 11.2. The summed E-state index contributed by atoms with van der Waals surface area (Å²) in [7, 11) is 3.90. The number of pyridine rings is 1. The number of aromatic amines is 1. The van der Waals surface area contributed by atoms with Crippen molar-refractivity contribution < 1.29 is 0 Å². The van der Waals surface area contributed by atoms with Gasteiger partial charge in [-0.05, 0) is 36.1 Å². The summed E-state index contributed by atoms with van der Waals surface area (Å²) in [6, 6.07) is 1.86. The average molecular weight is 283 g/mol. The minimum atomic E-state index is -0.259. The van der Waals surface area contributed by atoms with Crippen LogP contribution in [-0.4, -0.2) is 34.2 Å². The van der Waals surface area contributed by atoms with E-state index in [-0.39, 0.29) is 5.56 Å². The zero-order chi connectivity index (χ0) is 11.7. The maximum absolute atomic E-state index is 11.5. The van der Waals surface area contributed by atoms with Crippen LogP contribution in [0.25, 0.3) is 10.9 Å². The van der Waals surface area contributed by atoms with Crippen LogP contribution in [0.15, 0.2) is 21.5 Å². The van der Waals surface area contributed by atoms with Gasteiger partial charge in [0.1, 0.15) is 5.52 Å². The van der Waals surface area contributed by atoms with Gasteiger partial charge in [0.2, 0.25) is 0 Å². The fourth-order valence-electron chi connectivity index (χ4n) is 1.49. The van der Waals surface area contributed by atoms with E-state index in [1.165, 1.54) is 0 Å². The van der Waals surface area contributed by atoms with Crippen molar-refractivity contribution in [1.82, 2.24) is 20.1 Å². The highest BCUT2D eigenvalue weighted by Crippen LogP contribution is 2.17. The van der Waals surface area contributed by atoms with Crippen LogP contribution in [-0.2, 0) is 6.54 Å². The number of hydrogen-bond acceptors (Lipinski definition) is 4. The first kappa shape index (κ1) is 11.2. The molecule has 2 aromatic rings. The van der Waals surface area contributed by atoms with E-state index < -0.39 is 0 Å². The molecule has 0 aliphatic rings. The topological polar surface area (TPSA) is 61.9 Å². The Hall–Kier alpha value is -1.27. The van der Waals surface area contributed by atoms with Crippen molar-refractivity contribution in [1.29, 1.82) is 0 Å². The number of fused-ring (bicyclic) bond motifs is 1. The van der Waals surface area contributed by atoms with E-state index in [2.05, 4.69) is 31.1 Å². The van der Waals surface area contributed by atoms with Crippen LogP contribution in [0, 0.1) is 0 Å². The summed E-state index contributed by atoms with van der Waals surface area (Å²) in [5.41, 5.74) is 0.980. The summed E-state index contributed by atoms with van der Waals surface area (Å²) in [6.45, 7) is 0.658. The van der Waals surface area contributed by atoms with Crippen LogP contribution in [0.4, 0.5) is 0 Å². The van der Waals surface area contributed by atoms with E-state index in [4.69, 9.17) is 0 Å². The van der Waals surface area contributed by atoms with Gasteiger partial charge in [-0.3, -0.25) is 4.79 Å². The molecule has 1 N–H and O–H groups in total. The van der Waals surface area contributed by atoms with Crippen LogP contribution in [0.2, 0.25) is 0 Å². The van der Waals surface area contributed by atoms with Gasteiger partial charge in [-0.25, -0.2) is 10.1 Å². The van der Waals surface area contributed by atoms with Crippen LogP contribution in [0.5, 0.6) is 0 Å². The molecule has 0 unspecified atom stereocenters. The molecule has 0 spiro atoms. The Morgan fingerprint density at radius 1 is 1.50 bits per heavy atom. The molecule has 0 saturated heterocycles. The van der Waals surface area contributed by atoms with Gasteiger partial charge in [-0.1, -0.05) is 0 Å². The zero-order valence-corrected chi connectivity index (χ0v) is 10.6. The molecular formula is C10H11BrN4O. The van der Waals surface area contributed by atoms with Gasteiger partial charge in [0, 0.05) is 22.6 Å². The molecule has 6 heteroatoms. The summed E-state index contributed by atoms with van der Waals surface area (Å²) >= 11 is 3.34. The number of hydrogen-bond donors (Lipinski definition) is 1. The molecule has 84 valence electrons. The Morgan fingerprint density at radius 3 is 2.94 bits per heavy atom. The third kappa shape index (κ3) is 2.12. The molecule has 2 aromatic heterocycles. The maximum atomic E-state index is 11.5. The molecule has 0 fully saturated rings. The molecule has 16 heavy (non-hydrogen) atoms. The van der Waals surface area contributed by atoms with Crippen molar-refractivity contribution in [3.05, 3.63) is 32.8 Å². The highest BCUT2D eigenvalue weighted by Gasteiger charge is 2.08. The number of H-pyrrole nitrogens is 1. The monoisotopic (exact) mass is 282 g/mol. The van der Waals surface area contributed by atoms with Crippen molar-refractivity contribution in [2.24, 2.45) is 0 Å². The summed E-state index contributed by atoms with van der Waals surface area (Å²) in [4.78, 5) is 17.6. The fourth-order valence-corrected chi connectivity index (χ4v) is 1.82. The molecule has 0 saturated carbocycles. The van der Waals surface area contributed by atoms with Gasteiger partial charge in [0.15, 0.2) is 0 Å². The molecule has 0 aliphatic heterocycles. The summed E-state index contributed by atoms with van der Waals surface area (Å²) in [5.74, 6) is 0. The van der Waals surface area contributed by atoms with Crippen molar-refractivity contribution in [3.8, 4) is 0 Å². The second kappa shape index (κ2) is 4.31. The second-order valence-electron chi connectivity index (χ2n) is 3.79. The number of halogens is 1. The van der Waals surface area contributed by atoms with Gasteiger partial charge in [0.05, 0.1) is 5.69 Å². The van der Waals surface area contributed by atoms with Gasteiger partial charge < -0.3 is 4.90 Å². The lowest BCUT2D eigenvalue weighted by atomic mass is 10.2. The van der Waals surface area contributed by atoms with E-state index in [0.29, 0.717) is 12.1 Å². The highest BCUT2D eigenvalue weighted by molar-refractivity contribution is 9.10. The molecule has 0 radical (unpaired) electrons. The van der Waals surface area contributed by atoms with E-state index in [1.54, 1.807) is 6.20 Å². The number of aromatic nitrogens is 3. The number of rotatable bonds is 2. The summed E-state index contributed by atoms with van der Waals surface area (Å²) < 4.78 is 0.840. The first-order valence-corrected chi connectivity index (χ1v) is 5.55. The molecule has 0 aliphatic carbocycles. The van der Waals surface area contributed by atoms with E-state index in [0.717, 1.165) is 15.6 Å². The second-order valence-corrected chi connectivity index (χ2v) is 4.70. The lowest BCUT2D eigenvalue weighted by Gasteiger charge is -2.10. The van der Waals surface area contributed by atoms with Gasteiger partial charge in [-0.2, -0.15) is 5.10 Å². The third-order valence-corrected chi connectivity index (χ3v) is 2.57. The number of nitrogens with zero attached hydrogens (tertiary/aromatic N) is 3. The van der Waals surface area contributed by atoms with Crippen molar-refractivity contribution in [2.75, 3.05) is 14.1 Å². The van der Waals surface area contributed by atoms with Gasteiger partial charge >= 0.3 is 0 Å². The van der Waals surface area contributed by atoms with Crippen LogP contribution in [0.3, 0.4) is 0 Å². The predicted molar refractivity (Wildman–Crippen MR) is 65.2 cm³/mol. The quantitative estimate of drug-likeness (QED) is 0.898. The Bertz CT molecular complexity index is 579. The fraction of sp³-hybridized carbons (Fsp3) is 0.300. The molecule has 0 bridgehead atoms. The SMILES string of the molecule is CN(C)Cc1n[nH]c(=O)c2ncc(Br)cc12. The lowest BCUT2D eigenvalue weighted by molar-refractivity contribution is 0.396. The van der Waals surface area contributed by atoms with E-state index in [1.807, 2.05) is 25.1 Å². The Morgan fingerprint density at radius 2 is 2.25 bits per heavy atom. The molecule has 2 heterocycles. The van der Waals surface area contributed by atoms with E-state index in [9.17, 15) is 4.79 Å². The van der Waals surface area contributed by atoms with E-state index >= 15 is 0 Å². The van der Waals surface area contributed by atoms with Crippen molar-refractivity contribution in [2.45, 2.75) is 6.54 Å². The van der Waals surface area contributed by atoms with Crippen LogP contribution >= 0.6 is 15.9 Å². The maximum Gasteiger partial charge on any atom is 0.290 e. The Balaban J connectivity index is 2.70. The standard InChI is InChI=1S/C10H11BrN4O/c1-15(2)5-8-7-3-6(11)4-12-9(7)10(16)14-13-8/h3-4H,5H2,1-2H3,(H,14,16). The molecule has 0 amide bonds.